The lowest BCUT2D eigenvalue weighted by atomic mass is 9.95. The van der Waals surface area contributed by atoms with E-state index in [1.807, 2.05) is 43.3 Å². The van der Waals surface area contributed by atoms with Crippen LogP contribution < -0.4 is 29.6 Å². The molecule has 17 heteroatoms. The predicted molar refractivity (Wildman–Crippen MR) is 244 cm³/mol. The molecule has 2 fully saturated rings. The molecule has 2 aromatic heterocycles. The lowest BCUT2D eigenvalue weighted by Gasteiger charge is -2.27. The molecule has 0 aliphatic carbocycles. The summed E-state index contributed by atoms with van der Waals surface area (Å²) in [6.07, 6.45) is 6.07. The van der Waals surface area contributed by atoms with Crippen molar-refractivity contribution < 1.29 is 38.0 Å². The molecule has 2 saturated heterocycles. The van der Waals surface area contributed by atoms with Gasteiger partial charge in [-0.2, -0.15) is 10.5 Å². The van der Waals surface area contributed by atoms with Gasteiger partial charge in [0.1, 0.15) is 61.6 Å². The van der Waals surface area contributed by atoms with E-state index in [9.17, 15) is 20.1 Å². The molecule has 8 rings (SSSR count). The summed E-state index contributed by atoms with van der Waals surface area (Å²) in [5.41, 5.74) is 6.47. The maximum atomic E-state index is 13.3. The third-order valence-corrected chi connectivity index (χ3v) is 11.8. The number of rotatable bonds is 17. The molecule has 0 radical (unpaired) electrons. The molecule has 0 saturated carbocycles. The molecule has 4 aromatic carbocycles. The Bertz CT molecular complexity index is 2700. The van der Waals surface area contributed by atoms with Crippen molar-refractivity contribution in [1.29, 1.82) is 10.5 Å². The van der Waals surface area contributed by atoms with Crippen LogP contribution in [0.4, 0.5) is 0 Å². The summed E-state index contributed by atoms with van der Waals surface area (Å²) in [7, 11) is 0. The summed E-state index contributed by atoms with van der Waals surface area (Å²) in [6.45, 7) is 3.79. The van der Waals surface area contributed by atoms with Crippen molar-refractivity contribution in [3.8, 4) is 46.3 Å². The zero-order chi connectivity index (χ0) is 46.2. The van der Waals surface area contributed by atoms with Gasteiger partial charge in [-0.05, 0) is 47.9 Å². The molecule has 2 aliphatic heterocycles. The number of ether oxygens (including phenoxy) is 6. The highest BCUT2D eigenvalue weighted by molar-refractivity contribution is 6.34. The van der Waals surface area contributed by atoms with Gasteiger partial charge < -0.3 is 39.1 Å². The number of amides is 2. The van der Waals surface area contributed by atoms with Crippen molar-refractivity contribution in [3.63, 3.8) is 0 Å². The molecule has 66 heavy (non-hydrogen) atoms. The smallest absolute Gasteiger partial charge is 0.255 e. The zero-order valence-corrected chi connectivity index (χ0v) is 37.5. The monoisotopic (exact) mass is 944 g/mol. The van der Waals surface area contributed by atoms with Gasteiger partial charge >= 0.3 is 0 Å². The SMILES string of the molecule is Cc1c(COc2cc(OCc3cncc(C#N)c3)c(C(=O)NC3COC3)cc2Cl)cccc1-c1cccc(COc2cc(OCc3cncc(C#N)c3)c(C(=O)NC3COC3)cc2Cl)c1Cl. The Kier molecular flexibility index (Phi) is 14.5. The molecule has 4 heterocycles. The first-order valence-electron chi connectivity index (χ1n) is 20.6. The molecule has 2 N–H and O–H groups in total. The first kappa shape index (κ1) is 45.7. The molecule has 2 amide bonds. The summed E-state index contributed by atoms with van der Waals surface area (Å²) in [5, 5.41) is 25.4. The fourth-order valence-electron chi connectivity index (χ4n) is 6.97. The van der Waals surface area contributed by atoms with Crippen LogP contribution in [0.1, 0.15) is 59.7 Å². The maximum absolute atomic E-state index is 13.3. The van der Waals surface area contributed by atoms with Gasteiger partial charge in [0, 0.05) is 59.2 Å². The number of nitrogens with one attached hydrogen (secondary N) is 2. The van der Waals surface area contributed by atoms with Gasteiger partial charge in [-0.3, -0.25) is 19.6 Å². The van der Waals surface area contributed by atoms with E-state index in [1.165, 1.54) is 24.5 Å². The molecule has 0 spiro atoms. The van der Waals surface area contributed by atoms with Crippen LogP contribution in [-0.4, -0.2) is 60.3 Å². The highest BCUT2D eigenvalue weighted by Crippen LogP contribution is 2.39. The number of benzene rings is 4. The first-order chi connectivity index (χ1) is 32.1. The van der Waals surface area contributed by atoms with E-state index >= 15 is 0 Å². The number of hydrogen-bond donors (Lipinski definition) is 2. The van der Waals surface area contributed by atoms with E-state index in [1.54, 1.807) is 36.7 Å². The average Bonchev–Trinajstić information content (AvgIpc) is 3.30. The Hall–Kier alpha value is -6.91. The van der Waals surface area contributed by atoms with Crippen LogP contribution in [0.2, 0.25) is 15.1 Å². The van der Waals surface area contributed by atoms with Crippen molar-refractivity contribution >= 4 is 46.6 Å². The second-order valence-corrected chi connectivity index (χ2v) is 16.6. The number of nitriles is 2. The van der Waals surface area contributed by atoms with E-state index in [4.69, 9.17) is 63.2 Å². The molecule has 0 bridgehead atoms. The normalized spacial score (nSPS) is 13.3. The average molecular weight is 946 g/mol. The second-order valence-electron chi connectivity index (χ2n) is 15.4. The van der Waals surface area contributed by atoms with Crippen molar-refractivity contribution in [2.45, 2.75) is 45.4 Å². The van der Waals surface area contributed by atoms with Gasteiger partial charge in [0.15, 0.2) is 0 Å². The van der Waals surface area contributed by atoms with E-state index in [-0.39, 0.29) is 88.7 Å². The number of hydrogen-bond acceptors (Lipinski definition) is 12. The summed E-state index contributed by atoms with van der Waals surface area (Å²) in [4.78, 5) is 34.9. The van der Waals surface area contributed by atoms with Crippen molar-refractivity contribution in [3.05, 3.63) is 163 Å². The van der Waals surface area contributed by atoms with Crippen LogP contribution in [0.3, 0.4) is 0 Å². The van der Waals surface area contributed by atoms with Gasteiger partial charge in [-0.25, -0.2) is 0 Å². The quantitative estimate of drug-likeness (QED) is 0.0887. The third kappa shape index (κ3) is 10.8. The Morgan fingerprint density at radius 1 is 0.621 bits per heavy atom. The molecule has 2 aliphatic rings. The topological polar surface area (TPSA) is 187 Å². The number of carbonyl (C=O) groups excluding carboxylic acids is 2. The van der Waals surface area contributed by atoms with Crippen LogP contribution >= 0.6 is 34.8 Å². The minimum absolute atomic E-state index is 0.0244. The van der Waals surface area contributed by atoms with Crippen LogP contribution in [0, 0.1) is 29.6 Å². The fraction of sp³-hybridized carbons (Fsp3) is 0.224. The van der Waals surface area contributed by atoms with E-state index in [0.29, 0.717) is 65.0 Å². The third-order valence-electron chi connectivity index (χ3n) is 10.7. The van der Waals surface area contributed by atoms with Gasteiger partial charge in [-0.15, -0.1) is 0 Å². The summed E-state index contributed by atoms with van der Waals surface area (Å²) in [5.74, 6) is 0.237. The number of pyridine rings is 2. The number of aromatic nitrogens is 2. The minimum atomic E-state index is -0.387. The van der Waals surface area contributed by atoms with Crippen LogP contribution in [-0.2, 0) is 35.9 Å². The lowest BCUT2D eigenvalue weighted by molar-refractivity contribution is -0.00353. The number of nitrogens with zero attached hydrogens (tertiary/aromatic N) is 4. The van der Waals surface area contributed by atoms with Crippen LogP contribution in [0.15, 0.2) is 97.6 Å². The van der Waals surface area contributed by atoms with Crippen LogP contribution in [0.25, 0.3) is 11.1 Å². The van der Waals surface area contributed by atoms with Gasteiger partial charge in [0.2, 0.25) is 0 Å². The molecule has 334 valence electrons. The molecule has 0 atom stereocenters. The summed E-state index contributed by atoms with van der Waals surface area (Å²) >= 11 is 20.6. The summed E-state index contributed by atoms with van der Waals surface area (Å²) < 4.78 is 35.2. The van der Waals surface area contributed by atoms with Crippen LogP contribution in [0.5, 0.6) is 23.0 Å². The molecular weight excluding hydrogens is 907 g/mol. The highest BCUT2D eigenvalue weighted by Gasteiger charge is 2.26. The van der Waals surface area contributed by atoms with E-state index in [0.717, 1.165) is 22.3 Å². The molecule has 6 aromatic rings. The maximum Gasteiger partial charge on any atom is 0.255 e. The Labute approximate surface area is 394 Å². The highest BCUT2D eigenvalue weighted by atomic mass is 35.5. The largest absolute Gasteiger partial charge is 0.488 e. The second kappa shape index (κ2) is 20.9. The number of carbonyl (C=O) groups is 2. The van der Waals surface area contributed by atoms with Gasteiger partial charge in [0.05, 0.1) is 75.8 Å². The van der Waals surface area contributed by atoms with Crippen molar-refractivity contribution in [2.75, 3.05) is 26.4 Å². The molecule has 14 nitrogen and oxygen atoms in total. The van der Waals surface area contributed by atoms with Crippen molar-refractivity contribution in [2.24, 2.45) is 0 Å². The lowest BCUT2D eigenvalue weighted by Crippen LogP contribution is -2.48. The van der Waals surface area contributed by atoms with E-state index < -0.39 is 0 Å². The Morgan fingerprint density at radius 2 is 1.08 bits per heavy atom. The Balaban J connectivity index is 0.992. The predicted octanol–water partition coefficient (Wildman–Crippen LogP) is 8.73. The minimum Gasteiger partial charge on any atom is -0.488 e. The zero-order valence-electron chi connectivity index (χ0n) is 35.2. The van der Waals surface area contributed by atoms with Gasteiger partial charge in [-0.1, -0.05) is 71.2 Å². The summed E-state index contributed by atoms with van der Waals surface area (Å²) in [6, 6.07) is 24.8. The number of halogens is 3. The molecular formula is C49H39Cl3N6O8. The fourth-order valence-corrected chi connectivity index (χ4v) is 7.69. The standard InChI is InChI=1S/C49H39Cl3N6O8/c1-28-33(22-65-45-12-43(63-20-31-8-29(14-53)16-55-18-31)39(10-41(45)50)48(59)57-35-24-61-25-35)4-2-6-37(28)38-7-3-5-34(47(38)52)23-66-46-13-44(64-21-32-9-30(15-54)17-56-19-32)40(11-42(46)51)49(60)58-36-26-62-27-36/h2-13,16-19,35-36H,20-27H2,1H3,(H,57,59)(H,58,60). The van der Waals surface area contributed by atoms with E-state index in [2.05, 4.69) is 32.7 Å². The molecule has 0 unspecified atom stereocenters. The van der Waals surface area contributed by atoms with Gasteiger partial charge in [0.25, 0.3) is 11.8 Å². The first-order valence-corrected chi connectivity index (χ1v) is 21.7. The Morgan fingerprint density at radius 3 is 1.55 bits per heavy atom. The van der Waals surface area contributed by atoms with Crippen molar-refractivity contribution in [1.82, 2.24) is 20.6 Å².